The van der Waals surface area contributed by atoms with Crippen LogP contribution < -0.4 is 4.72 Å². The molecule has 1 aliphatic rings. The molecule has 1 saturated carbocycles. The van der Waals surface area contributed by atoms with Crippen molar-refractivity contribution in [3.63, 3.8) is 0 Å². The van der Waals surface area contributed by atoms with Crippen LogP contribution in [-0.2, 0) is 19.7 Å². The van der Waals surface area contributed by atoms with E-state index in [4.69, 9.17) is 5.41 Å². The Morgan fingerprint density at radius 1 is 1.21 bits per heavy atom. The Morgan fingerprint density at radius 3 is 2.26 bits per heavy atom. The van der Waals surface area contributed by atoms with Gasteiger partial charge in [0, 0.05) is 6.04 Å². The molecule has 0 aromatic carbocycles. The van der Waals surface area contributed by atoms with Gasteiger partial charge in [0.15, 0.2) is 0 Å². The lowest BCUT2D eigenvalue weighted by atomic mass is 9.96. The number of ether oxygens (including phenoxy) is 2. The van der Waals surface area contributed by atoms with Crippen LogP contribution in [0.5, 0.6) is 0 Å². The number of amidine groups is 1. The topological polar surface area (TPSA) is 109 Å². The van der Waals surface area contributed by atoms with Gasteiger partial charge in [-0.1, -0.05) is 19.3 Å². The molecule has 0 saturated heterocycles. The summed E-state index contributed by atoms with van der Waals surface area (Å²) in [5.41, 5.74) is 0. The molecule has 19 heavy (non-hydrogen) atoms. The number of hydrogen-bond donors (Lipinski definition) is 2. The maximum Gasteiger partial charge on any atom is 0.432 e. The Bertz CT molecular complexity index is 414. The lowest BCUT2D eigenvalue weighted by Gasteiger charge is -2.26. The van der Waals surface area contributed by atoms with Gasteiger partial charge in [-0.25, -0.2) is 10.2 Å². The fraction of sp³-hybridized carbons (Fsp3) is 0.800. The van der Waals surface area contributed by atoms with Gasteiger partial charge in [0.2, 0.25) is 0 Å². The van der Waals surface area contributed by atoms with Crippen LogP contribution in [0.1, 0.15) is 32.1 Å². The second kappa shape index (κ2) is 6.71. The van der Waals surface area contributed by atoms with E-state index < -0.39 is 22.3 Å². The highest BCUT2D eigenvalue weighted by atomic mass is 32.2. The average Bonchev–Trinajstić information content (AvgIpc) is 2.38. The molecule has 9 heteroatoms. The van der Waals surface area contributed by atoms with Crippen LogP contribution in [0.25, 0.3) is 0 Å². The van der Waals surface area contributed by atoms with E-state index >= 15 is 0 Å². The van der Waals surface area contributed by atoms with Gasteiger partial charge in [0.05, 0.1) is 14.2 Å². The van der Waals surface area contributed by atoms with Gasteiger partial charge in [0.25, 0.3) is 0 Å². The van der Waals surface area contributed by atoms with E-state index in [2.05, 4.69) is 14.2 Å². The van der Waals surface area contributed by atoms with Gasteiger partial charge in [-0.15, -0.1) is 4.31 Å². The number of amides is 1. The molecule has 0 atom stereocenters. The third kappa shape index (κ3) is 4.06. The van der Waals surface area contributed by atoms with Crippen LogP contribution in [0, 0.1) is 5.41 Å². The van der Waals surface area contributed by atoms with E-state index in [-0.39, 0.29) is 10.3 Å². The molecule has 1 rings (SSSR count). The van der Waals surface area contributed by atoms with Crippen molar-refractivity contribution in [2.24, 2.45) is 0 Å². The van der Waals surface area contributed by atoms with E-state index in [1.54, 1.807) is 0 Å². The fourth-order valence-corrected chi connectivity index (χ4v) is 3.27. The highest BCUT2D eigenvalue weighted by Crippen LogP contribution is 2.19. The van der Waals surface area contributed by atoms with Crippen molar-refractivity contribution in [2.75, 3.05) is 14.2 Å². The molecule has 8 nitrogen and oxygen atoms in total. The third-order valence-electron chi connectivity index (χ3n) is 2.88. The smallest absolute Gasteiger partial charge is 0.432 e. The number of carbonyl (C=O) groups is 1. The van der Waals surface area contributed by atoms with Crippen LogP contribution in [0.15, 0.2) is 0 Å². The van der Waals surface area contributed by atoms with Crippen LogP contribution in [-0.4, -0.2) is 45.1 Å². The van der Waals surface area contributed by atoms with Crippen LogP contribution in [0.4, 0.5) is 4.79 Å². The van der Waals surface area contributed by atoms with Gasteiger partial charge in [-0.3, -0.25) is 0 Å². The minimum Gasteiger partial charge on any atom is -0.468 e. The van der Waals surface area contributed by atoms with Crippen LogP contribution in [0.3, 0.4) is 0 Å². The van der Waals surface area contributed by atoms with Crippen molar-refractivity contribution in [3.8, 4) is 0 Å². The minimum atomic E-state index is -4.19. The maximum absolute atomic E-state index is 12.1. The Morgan fingerprint density at radius 2 is 1.79 bits per heavy atom. The molecule has 0 aromatic rings. The van der Waals surface area contributed by atoms with Crippen LogP contribution >= 0.6 is 0 Å². The summed E-state index contributed by atoms with van der Waals surface area (Å²) in [6.07, 6.45) is 3.20. The van der Waals surface area contributed by atoms with Gasteiger partial charge < -0.3 is 9.47 Å². The number of hydrogen-bond acceptors (Lipinski definition) is 6. The highest BCUT2D eigenvalue weighted by Gasteiger charge is 2.35. The van der Waals surface area contributed by atoms with Crippen molar-refractivity contribution in [1.29, 1.82) is 5.41 Å². The number of carbonyl (C=O) groups excluding carboxylic acids is 1. The second-order valence-electron chi connectivity index (χ2n) is 4.20. The Labute approximate surface area is 112 Å². The Hall–Kier alpha value is -1.35. The van der Waals surface area contributed by atoms with Crippen molar-refractivity contribution in [2.45, 2.75) is 38.1 Å². The van der Waals surface area contributed by atoms with Crippen molar-refractivity contribution in [1.82, 2.24) is 9.03 Å². The quantitative estimate of drug-likeness (QED) is 0.591. The zero-order valence-corrected chi connectivity index (χ0v) is 11.8. The van der Waals surface area contributed by atoms with Gasteiger partial charge in [-0.2, -0.15) is 13.1 Å². The molecule has 0 unspecified atom stereocenters. The molecule has 0 radical (unpaired) electrons. The van der Waals surface area contributed by atoms with Crippen molar-refractivity contribution in [3.05, 3.63) is 0 Å². The first-order valence-electron chi connectivity index (χ1n) is 5.95. The number of nitrogens with zero attached hydrogens (tertiary/aromatic N) is 1. The Balaban J connectivity index is 2.86. The Kier molecular flexibility index (Phi) is 5.55. The predicted molar refractivity (Wildman–Crippen MR) is 67.9 cm³/mol. The molecule has 1 amide bonds. The summed E-state index contributed by atoms with van der Waals surface area (Å²) in [6.45, 7) is 0. The summed E-state index contributed by atoms with van der Waals surface area (Å²) in [5, 5.41) is 7.39. The normalized spacial score (nSPS) is 16.7. The molecule has 0 spiro atoms. The largest absolute Gasteiger partial charge is 0.468 e. The first-order chi connectivity index (χ1) is 8.92. The first-order valence-corrected chi connectivity index (χ1v) is 7.39. The summed E-state index contributed by atoms with van der Waals surface area (Å²) in [7, 11) is -2.04. The minimum absolute atomic E-state index is 0.168. The summed E-state index contributed by atoms with van der Waals surface area (Å²) in [4.78, 5) is 11.5. The van der Waals surface area contributed by atoms with E-state index in [9.17, 15) is 13.2 Å². The molecule has 1 aliphatic carbocycles. The zero-order chi connectivity index (χ0) is 14.5. The number of nitrogens with one attached hydrogen (secondary N) is 2. The van der Waals surface area contributed by atoms with Crippen LogP contribution in [0.2, 0.25) is 0 Å². The zero-order valence-electron chi connectivity index (χ0n) is 11.0. The summed E-state index contributed by atoms with van der Waals surface area (Å²) in [5.74, 6) is 0. The standard InChI is InChI=1S/C10H19N3O5S/c1-17-9(11)13(10(14)18-2)19(15,16)12-8-6-4-3-5-7-8/h8,11-12H,3-7H2,1-2H3. The van der Waals surface area contributed by atoms with Crippen molar-refractivity contribution >= 4 is 22.3 Å². The first kappa shape index (κ1) is 15.7. The number of methoxy groups -OCH3 is 2. The molecule has 110 valence electrons. The van der Waals surface area contributed by atoms with E-state index in [0.717, 1.165) is 33.5 Å². The highest BCUT2D eigenvalue weighted by molar-refractivity contribution is 7.88. The predicted octanol–water partition coefficient (Wildman–Crippen LogP) is 0.803. The third-order valence-corrected chi connectivity index (χ3v) is 4.31. The maximum atomic E-state index is 12.1. The molecule has 0 aliphatic heterocycles. The van der Waals surface area contributed by atoms with Gasteiger partial charge in [-0.05, 0) is 12.8 Å². The average molecular weight is 293 g/mol. The molecular formula is C10H19N3O5S. The monoisotopic (exact) mass is 293 g/mol. The fourth-order valence-electron chi connectivity index (χ4n) is 1.94. The summed E-state index contributed by atoms with van der Waals surface area (Å²) in [6, 6.07) is -1.04. The van der Waals surface area contributed by atoms with E-state index in [0.29, 0.717) is 12.8 Å². The van der Waals surface area contributed by atoms with E-state index in [1.165, 1.54) is 0 Å². The lowest BCUT2D eigenvalue weighted by Crippen LogP contribution is -2.51. The molecule has 2 N–H and O–H groups in total. The molecular weight excluding hydrogens is 274 g/mol. The number of rotatable bonds is 3. The van der Waals surface area contributed by atoms with E-state index in [1.807, 2.05) is 0 Å². The molecule has 0 bridgehead atoms. The molecule has 1 fully saturated rings. The second-order valence-corrected chi connectivity index (χ2v) is 5.75. The summed E-state index contributed by atoms with van der Waals surface area (Å²) < 4.78 is 35.6. The van der Waals surface area contributed by atoms with Crippen molar-refractivity contribution < 1.29 is 22.7 Å². The van der Waals surface area contributed by atoms with Gasteiger partial charge >= 0.3 is 22.3 Å². The SMILES string of the molecule is COC(=N)N(C(=O)OC)S(=O)(=O)NC1CCCCC1. The molecule has 0 aromatic heterocycles. The molecule has 0 heterocycles. The lowest BCUT2D eigenvalue weighted by molar-refractivity contribution is 0.155. The van der Waals surface area contributed by atoms with Gasteiger partial charge in [0.1, 0.15) is 0 Å². The summed E-state index contributed by atoms with van der Waals surface area (Å²) >= 11 is 0.